The molecule has 1 saturated heterocycles. The number of H-pyrrole nitrogens is 1. The summed E-state index contributed by atoms with van der Waals surface area (Å²) in [7, 11) is 0. The highest BCUT2D eigenvalue weighted by molar-refractivity contribution is 6.02. The number of aromatic nitrogens is 2. The van der Waals surface area contributed by atoms with Crippen LogP contribution in [0.5, 0.6) is 0 Å². The SMILES string of the molecule is CC[C@](C)(NC(=O)[C@H](CC1CCCCC1)NC(=O)[C@H](Cc1cnc[nH]1)NC(=O)[C@H](CCCN=C(N)N)NC(=O)[C@H]1CCCN1C(=O)[C@H](CO)NC(C)=O)C(=O)N[C@@H](CC(N)=O)C(=O)N[C@@H](CC(C)C)C(=O)NC(C)(C)C(=O)N[C@H](C(=O)N[C@@H](CCCN=C(N)N)C(=O)N[C@@H](CCC(N)=O)C(=O)N[C@@H](CCCN=C(N)N)C(=O)N[C@@H](CC1CCCCC1)C(N)=O)[C@@H](C)O. The number of rotatable bonds is 55. The van der Waals surface area contributed by atoms with Crippen molar-refractivity contribution in [2.24, 2.45) is 84.3 Å². The van der Waals surface area contributed by atoms with E-state index < -0.39 is 222 Å². The van der Waals surface area contributed by atoms with E-state index >= 15 is 4.79 Å². The molecule has 2 heterocycles. The van der Waals surface area contributed by atoms with E-state index in [1.165, 1.54) is 45.1 Å². The van der Waals surface area contributed by atoms with Crippen LogP contribution in [0.1, 0.15) is 222 Å². The van der Waals surface area contributed by atoms with Crippen molar-refractivity contribution < 1.29 is 91.7 Å². The molecular formula is C80H138N28O19. The molecule has 17 amide bonds. The number of amides is 17. The number of guanidine groups is 3. The van der Waals surface area contributed by atoms with E-state index in [0.717, 1.165) is 65.2 Å². The fourth-order valence-electron chi connectivity index (χ4n) is 15.1. The molecule has 0 bridgehead atoms. The molecule has 47 nitrogen and oxygen atoms in total. The summed E-state index contributed by atoms with van der Waals surface area (Å²) in [5, 5.41) is 54.6. The van der Waals surface area contributed by atoms with Crippen LogP contribution < -0.4 is 121 Å². The number of aliphatic hydroxyl groups is 2. The highest BCUT2D eigenvalue weighted by Crippen LogP contribution is 2.30. The van der Waals surface area contributed by atoms with Crippen LogP contribution in [-0.4, -0.2) is 266 Å². The first-order valence-corrected chi connectivity index (χ1v) is 43.3. The molecule has 3 fully saturated rings. The van der Waals surface area contributed by atoms with Gasteiger partial charge in [0.2, 0.25) is 100 Å². The summed E-state index contributed by atoms with van der Waals surface area (Å²) in [5.74, 6) is -17.3. The van der Waals surface area contributed by atoms with Gasteiger partial charge in [0.1, 0.15) is 83.6 Å². The lowest BCUT2D eigenvalue weighted by atomic mass is 9.84. The van der Waals surface area contributed by atoms with Gasteiger partial charge in [-0.2, -0.15) is 0 Å². The Hall–Kier alpha value is -12.1. The lowest BCUT2D eigenvalue weighted by Gasteiger charge is -2.34. The van der Waals surface area contributed by atoms with Crippen molar-refractivity contribution in [2.75, 3.05) is 32.8 Å². The van der Waals surface area contributed by atoms with Gasteiger partial charge in [0.05, 0.1) is 25.5 Å². The number of aromatic amines is 1. The number of hydrogen-bond acceptors (Lipinski definition) is 23. The molecule has 47 heteroatoms. The Labute approximate surface area is 738 Å². The van der Waals surface area contributed by atoms with Gasteiger partial charge < -0.3 is 141 Å². The van der Waals surface area contributed by atoms with E-state index in [1.807, 2.05) is 0 Å². The number of imidazole rings is 1. The molecule has 0 aromatic carbocycles. The molecule has 0 unspecified atom stereocenters. The summed E-state index contributed by atoms with van der Waals surface area (Å²) in [6, 6.07) is -18.0. The summed E-state index contributed by atoms with van der Waals surface area (Å²) < 4.78 is 0. The summed E-state index contributed by atoms with van der Waals surface area (Å²) in [6.45, 7) is 10.1. The summed E-state index contributed by atoms with van der Waals surface area (Å²) in [6.07, 6.45) is 7.29. The molecule has 1 aromatic heterocycles. The highest BCUT2D eigenvalue weighted by atomic mass is 16.3. The maximum Gasteiger partial charge on any atom is 0.248 e. The minimum atomic E-state index is -2.05. The van der Waals surface area contributed by atoms with Crippen LogP contribution in [0.2, 0.25) is 0 Å². The lowest BCUT2D eigenvalue weighted by molar-refractivity contribution is -0.143. The molecule has 3 aliphatic rings. The molecule has 1 aromatic rings. The summed E-state index contributed by atoms with van der Waals surface area (Å²) in [5.41, 5.74) is 46.6. The van der Waals surface area contributed by atoms with Gasteiger partial charge in [0, 0.05) is 57.8 Å². The van der Waals surface area contributed by atoms with Gasteiger partial charge in [0.25, 0.3) is 0 Å². The number of hydrogen-bond donors (Lipinski definition) is 25. The quantitative estimate of drug-likeness (QED) is 0.0164. The van der Waals surface area contributed by atoms with Gasteiger partial charge in [-0.15, -0.1) is 0 Å². The smallest absolute Gasteiger partial charge is 0.248 e. The van der Waals surface area contributed by atoms with Gasteiger partial charge in [0.15, 0.2) is 17.9 Å². The van der Waals surface area contributed by atoms with E-state index in [1.54, 1.807) is 13.8 Å². The lowest BCUT2D eigenvalue weighted by Crippen LogP contribution is -2.65. The second-order valence-corrected chi connectivity index (χ2v) is 33.9. The molecule has 34 N–H and O–H groups in total. The van der Waals surface area contributed by atoms with E-state index in [0.29, 0.717) is 25.0 Å². The molecule has 1 aliphatic heterocycles. The first-order chi connectivity index (χ1) is 59.8. The highest BCUT2D eigenvalue weighted by Gasteiger charge is 2.45. The van der Waals surface area contributed by atoms with Crippen LogP contribution in [-0.2, 0) is 87.9 Å². The van der Waals surface area contributed by atoms with E-state index in [4.69, 9.17) is 51.6 Å². The Morgan fingerprint density at radius 1 is 0.496 bits per heavy atom. The molecular weight excluding hydrogens is 1660 g/mol. The van der Waals surface area contributed by atoms with Crippen LogP contribution in [0, 0.1) is 17.8 Å². The molecule has 2 saturated carbocycles. The van der Waals surface area contributed by atoms with Gasteiger partial charge in [-0.3, -0.25) is 96.5 Å². The molecule has 4 rings (SSSR count). The van der Waals surface area contributed by atoms with Crippen molar-refractivity contribution >= 4 is 118 Å². The molecule has 127 heavy (non-hydrogen) atoms. The Morgan fingerprint density at radius 3 is 1.39 bits per heavy atom. The van der Waals surface area contributed by atoms with Crippen molar-refractivity contribution in [3.05, 3.63) is 18.2 Å². The maximum atomic E-state index is 15.0. The second-order valence-electron chi connectivity index (χ2n) is 33.9. The largest absolute Gasteiger partial charge is 0.394 e. The molecule has 2 aliphatic carbocycles. The van der Waals surface area contributed by atoms with Gasteiger partial charge in [-0.1, -0.05) is 85.0 Å². The topological polar surface area (TPSA) is 790 Å². The Kier molecular flexibility index (Phi) is 45.1. The third-order valence-electron chi connectivity index (χ3n) is 22.3. The van der Waals surface area contributed by atoms with E-state index in [2.05, 4.69) is 94.1 Å². The minimum Gasteiger partial charge on any atom is -0.394 e. The Bertz CT molecular complexity index is 3990. The number of nitrogens with one attached hydrogen (secondary N) is 14. The third-order valence-corrected chi connectivity index (χ3v) is 22.3. The zero-order valence-corrected chi connectivity index (χ0v) is 74.1. The minimum absolute atomic E-state index is 0.00601. The normalized spacial score (nSPS) is 17.5. The van der Waals surface area contributed by atoms with E-state index in [-0.39, 0.29) is 133 Å². The van der Waals surface area contributed by atoms with Crippen molar-refractivity contribution in [3.8, 4) is 0 Å². The average molecular weight is 1800 g/mol. The Balaban J connectivity index is 1.59. The predicted molar refractivity (Wildman–Crippen MR) is 465 cm³/mol. The molecule has 0 spiro atoms. The number of nitrogens with zero attached hydrogens (tertiary/aromatic N) is 5. The number of likely N-dealkylation sites (tertiary alicyclic amines) is 1. The average Bonchev–Trinajstić information content (AvgIpc) is 1.76. The van der Waals surface area contributed by atoms with Crippen LogP contribution >= 0.6 is 0 Å². The molecule has 712 valence electrons. The second kappa shape index (κ2) is 53.4. The van der Waals surface area contributed by atoms with Crippen molar-refractivity contribution in [2.45, 2.75) is 312 Å². The zero-order valence-electron chi connectivity index (χ0n) is 74.1. The monoisotopic (exact) mass is 1800 g/mol. The van der Waals surface area contributed by atoms with Crippen molar-refractivity contribution in [1.82, 2.24) is 84.0 Å². The number of aliphatic imine (C=N–C) groups is 3. The van der Waals surface area contributed by atoms with E-state index in [9.17, 15) is 86.9 Å². The van der Waals surface area contributed by atoms with Crippen molar-refractivity contribution in [1.29, 1.82) is 0 Å². The molecule has 0 radical (unpaired) electrons. The maximum absolute atomic E-state index is 15.0. The van der Waals surface area contributed by atoms with Crippen LogP contribution in [0.4, 0.5) is 0 Å². The zero-order chi connectivity index (χ0) is 95.0. The third kappa shape index (κ3) is 38.0. The Morgan fingerprint density at radius 2 is 0.945 bits per heavy atom. The number of aliphatic hydroxyl groups excluding tert-OH is 2. The van der Waals surface area contributed by atoms with Crippen LogP contribution in [0.15, 0.2) is 27.5 Å². The fraction of sp³-hybridized carbons (Fsp3) is 0.713. The fourth-order valence-corrected chi connectivity index (χ4v) is 15.1. The number of carbonyl (C=O) groups is 17. The summed E-state index contributed by atoms with van der Waals surface area (Å²) >= 11 is 0. The van der Waals surface area contributed by atoms with Crippen LogP contribution in [0.3, 0.4) is 0 Å². The summed E-state index contributed by atoms with van der Waals surface area (Å²) in [4.78, 5) is 258. The van der Waals surface area contributed by atoms with Gasteiger partial charge in [-0.05, 0) is 129 Å². The van der Waals surface area contributed by atoms with Crippen molar-refractivity contribution in [3.63, 3.8) is 0 Å². The van der Waals surface area contributed by atoms with Gasteiger partial charge >= 0.3 is 0 Å². The van der Waals surface area contributed by atoms with Crippen LogP contribution in [0.25, 0.3) is 0 Å². The first-order valence-electron chi connectivity index (χ1n) is 43.3. The number of carbonyl (C=O) groups excluding carboxylic acids is 17. The standard InChI is InChI=1S/C80H138N28O19/c1-9-80(8,107-70(122)54(36-46-22-14-11-15-23-46)102-67(119)55(37-47-39-90-41-94-47)103-65(117)49(25-17-31-92-77(86)87)98-71(123)58-27-19-33-108(58)73(125)57(40-109)95-44(5)111)75(127)104-56(38-60(82)113)68(120)101-53(34-42(2)3)69(121)106-79(6,7)74(126)105-61(43(4)110)72(124)99-50(26-18-32-93-78(88)89)63(115)97-51(28-29-59(81)112)66(118)96-48(24-16-30-91-76(84)85)64(116)100-52(62(83)114)35-45-20-12-10-13-21-45/h39,41-43,45-46,48-58,61,109-110H,9-38,40H2,1-8H3,(H2,81,112)(H2,82,113)(H2,83,114)(H,90,94)(H,95,111)(H,96,118)(H,97,115)(H,98,123)(H,99,124)(H,100,116)(H,101,120)(H,102,119)(H,103,117)(H,104,127)(H,105,126)(H,106,121)(H,107,122)(H4,84,85,91)(H4,86,87,92)(H4,88,89,93)/t43-,48+,49+,50+,51+,52+,53+,54+,55+,56+,57+,58-,61+,80+/m1/s1. The first kappa shape index (κ1) is 107. The number of nitrogens with two attached hydrogens (primary N) is 9. The predicted octanol–water partition coefficient (Wildman–Crippen LogP) is -7.38. The van der Waals surface area contributed by atoms with Gasteiger partial charge in [-0.25, -0.2) is 4.98 Å². The molecule has 14 atom stereocenters. The number of primary amides is 3.